The monoisotopic (exact) mass is 263 g/mol. The first kappa shape index (κ1) is 15.7. The highest BCUT2D eigenvalue weighted by molar-refractivity contribution is 5.36. The van der Waals surface area contributed by atoms with Crippen LogP contribution >= 0.6 is 0 Å². The number of hydrogen-bond acceptors (Lipinski definition) is 4. The SMILES string of the molecule is COCCOCCOCc1ccc(C#CCN)cc1. The lowest BCUT2D eigenvalue weighted by molar-refractivity contribution is 0.0199. The van der Waals surface area contributed by atoms with E-state index in [-0.39, 0.29) is 0 Å². The van der Waals surface area contributed by atoms with Crippen LogP contribution in [0.4, 0.5) is 0 Å². The van der Waals surface area contributed by atoms with Gasteiger partial charge in [-0.25, -0.2) is 0 Å². The fourth-order valence-electron chi connectivity index (χ4n) is 1.39. The Bertz CT molecular complexity index is 392. The lowest BCUT2D eigenvalue weighted by atomic mass is 10.1. The predicted molar refractivity (Wildman–Crippen MR) is 74.7 cm³/mol. The minimum Gasteiger partial charge on any atom is -0.382 e. The van der Waals surface area contributed by atoms with Gasteiger partial charge in [0.2, 0.25) is 0 Å². The summed E-state index contributed by atoms with van der Waals surface area (Å²) in [5, 5.41) is 0. The van der Waals surface area contributed by atoms with Gasteiger partial charge < -0.3 is 19.9 Å². The summed E-state index contributed by atoms with van der Waals surface area (Å²) in [4.78, 5) is 0. The van der Waals surface area contributed by atoms with E-state index in [1.54, 1.807) is 7.11 Å². The van der Waals surface area contributed by atoms with Crippen LogP contribution in [-0.4, -0.2) is 40.1 Å². The van der Waals surface area contributed by atoms with E-state index < -0.39 is 0 Å². The standard InChI is InChI=1S/C15H21NO3/c1-17-9-10-18-11-12-19-13-15-6-4-14(5-7-15)3-2-8-16/h4-7H,8-13,16H2,1H3. The normalized spacial score (nSPS) is 10.0. The predicted octanol–water partition coefficient (Wildman–Crippen LogP) is 1.18. The molecule has 2 N–H and O–H groups in total. The van der Waals surface area contributed by atoms with Crippen molar-refractivity contribution in [2.24, 2.45) is 5.73 Å². The maximum atomic E-state index is 5.50. The Balaban J connectivity index is 2.16. The van der Waals surface area contributed by atoms with Crippen molar-refractivity contribution < 1.29 is 14.2 Å². The van der Waals surface area contributed by atoms with E-state index in [1.165, 1.54) is 0 Å². The molecule has 0 amide bonds. The molecule has 0 unspecified atom stereocenters. The highest BCUT2D eigenvalue weighted by Gasteiger charge is 1.94. The summed E-state index contributed by atoms with van der Waals surface area (Å²) in [5.74, 6) is 5.80. The maximum Gasteiger partial charge on any atom is 0.0718 e. The fraction of sp³-hybridized carbons (Fsp3) is 0.467. The van der Waals surface area contributed by atoms with E-state index in [4.69, 9.17) is 19.9 Å². The van der Waals surface area contributed by atoms with Gasteiger partial charge in [-0.3, -0.25) is 0 Å². The van der Waals surface area contributed by atoms with Crippen molar-refractivity contribution in [3.8, 4) is 11.8 Å². The molecular formula is C15H21NO3. The minimum atomic E-state index is 0.383. The molecule has 1 aromatic rings. The number of benzene rings is 1. The Kier molecular flexibility index (Phi) is 8.69. The average Bonchev–Trinajstić information content (AvgIpc) is 2.45. The van der Waals surface area contributed by atoms with Crippen LogP contribution < -0.4 is 5.73 Å². The van der Waals surface area contributed by atoms with Crippen molar-refractivity contribution in [1.82, 2.24) is 0 Å². The van der Waals surface area contributed by atoms with Crippen molar-refractivity contribution >= 4 is 0 Å². The van der Waals surface area contributed by atoms with E-state index in [0.29, 0.717) is 39.6 Å². The Hall–Kier alpha value is -1.38. The summed E-state index contributed by atoms with van der Waals surface area (Å²) in [6.07, 6.45) is 0. The molecule has 0 radical (unpaired) electrons. The first-order chi connectivity index (χ1) is 9.36. The van der Waals surface area contributed by atoms with Crippen molar-refractivity contribution in [1.29, 1.82) is 0 Å². The van der Waals surface area contributed by atoms with Gasteiger partial charge in [0.05, 0.1) is 39.6 Å². The molecular weight excluding hydrogens is 242 g/mol. The lowest BCUT2D eigenvalue weighted by Gasteiger charge is -2.05. The van der Waals surface area contributed by atoms with Crippen LogP contribution in [0.15, 0.2) is 24.3 Å². The van der Waals surface area contributed by atoms with Crippen molar-refractivity contribution in [2.45, 2.75) is 6.61 Å². The van der Waals surface area contributed by atoms with Gasteiger partial charge in [0.25, 0.3) is 0 Å². The van der Waals surface area contributed by atoms with Gasteiger partial charge in [0, 0.05) is 12.7 Å². The van der Waals surface area contributed by atoms with E-state index in [0.717, 1.165) is 11.1 Å². The van der Waals surface area contributed by atoms with Gasteiger partial charge in [0.15, 0.2) is 0 Å². The topological polar surface area (TPSA) is 53.7 Å². The molecule has 0 bridgehead atoms. The first-order valence-electron chi connectivity index (χ1n) is 6.29. The average molecular weight is 263 g/mol. The zero-order chi connectivity index (χ0) is 13.8. The van der Waals surface area contributed by atoms with Gasteiger partial charge in [-0.05, 0) is 17.7 Å². The molecule has 0 aromatic heterocycles. The quantitative estimate of drug-likeness (QED) is 0.565. The molecule has 1 rings (SSSR count). The number of methoxy groups -OCH3 is 1. The molecule has 0 saturated heterocycles. The Morgan fingerprint density at radius 3 is 2.37 bits per heavy atom. The summed E-state index contributed by atoms with van der Waals surface area (Å²) in [5.41, 5.74) is 7.41. The van der Waals surface area contributed by atoms with E-state index >= 15 is 0 Å². The molecule has 0 spiro atoms. The van der Waals surface area contributed by atoms with Gasteiger partial charge in [-0.15, -0.1) is 0 Å². The second kappa shape index (κ2) is 10.5. The molecule has 4 heteroatoms. The second-order valence-corrected chi connectivity index (χ2v) is 3.86. The van der Waals surface area contributed by atoms with Crippen LogP contribution in [0.2, 0.25) is 0 Å². The fourth-order valence-corrected chi connectivity index (χ4v) is 1.39. The third kappa shape index (κ3) is 7.60. The second-order valence-electron chi connectivity index (χ2n) is 3.86. The molecule has 0 fully saturated rings. The van der Waals surface area contributed by atoms with E-state index in [2.05, 4.69) is 11.8 Å². The zero-order valence-electron chi connectivity index (χ0n) is 11.4. The number of rotatable bonds is 8. The Morgan fingerprint density at radius 2 is 1.68 bits per heavy atom. The molecule has 0 aliphatic rings. The van der Waals surface area contributed by atoms with Crippen LogP contribution in [0.25, 0.3) is 0 Å². The first-order valence-corrected chi connectivity index (χ1v) is 6.29. The molecule has 0 atom stereocenters. The van der Waals surface area contributed by atoms with Gasteiger partial charge in [0.1, 0.15) is 0 Å². The summed E-state index contributed by atoms with van der Waals surface area (Å²) in [7, 11) is 1.65. The molecule has 1 aromatic carbocycles. The number of ether oxygens (including phenoxy) is 3. The van der Waals surface area contributed by atoms with Crippen LogP contribution in [0.3, 0.4) is 0 Å². The highest BCUT2D eigenvalue weighted by Crippen LogP contribution is 2.04. The van der Waals surface area contributed by atoms with Gasteiger partial charge in [-0.1, -0.05) is 24.0 Å². The van der Waals surface area contributed by atoms with Crippen LogP contribution in [0.5, 0.6) is 0 Å². The molecule has 0 aliphatic heterocycles. The summed E-state index contributed by atoms with van der Waals surface area (Å²) >= 11 is 0. The zero-order valence-corrected chi connectivity index (χ0v) is 11.4. The van der Waals surface area contributed by atoms with Gasteiger partial charge in [-0.2, -0.15) is 0 Å². The van der Waals surface area contributed by atoms with E-state index in [9.17, 15) is 0 Å². The summed E-state index contributed by atoms with van der Waals surface area (Å²) in [6, 6.07) is 7.95. The largest absolute Gasteiger partial charge is 0.382 e. The van der Waals surface area contributed by atoms with Crippen molar-refractivity contribution in [3.05, 3.63) is 35.4 Å². The lowest BCUT2D eigenvalue weighted by Crippen LogP contribution is -2.08. The number of hydrogen-bond donors (Lipinski definition) is 1. The smallest absolute Gasteiger partial charge is 0.0718 e. The summed E-state index contributed by atoms with van der Waals surface area (Å²) in [6.45, 7) is 3.35. The molecule has 104 valence electrons. The highest BCUT2D eigenvalue weighted by atomic mass is 16.5. The molecule has 4 nitrogen and oxygen atoms in total. The molecule has 19 heavy (non-hydrogen) atoms. The number of nitrogens with two attached hydrogens (primary N) is 1. The Labute approximate surface area is 114 Å². The third-order valence-electron chi connectivity index (χ3n) is 2.36. The summed E-state index contributed by atoms with van der Waals surface area (Å²) < 4.78 is 15.7. The van der Waals surface area contributed by atoms with Crippen LogP contribution in [0, 0.1) is 11.8 Å². The molecule has 0 saturated carbocycles. The Morgan fingerprint density at radius 1 is 1.00 bits per heavy atom. The van der Waals surface area contributed by atoms with E-state index in [1.807, 2.05) is 24.3 Å². The third-order valence-corrected chi connectivity index (χ3v) is 2.36. The van der Waals surface area contributed by atoms with Crippen molar-refractivity contribution in [3.63, 3.8) is 0 Å². The minimum absolute atomic E-state index is 0.383. The van der Waals surface area contributed by atoms with Crippen LogP contribution in [0.1, 0.15) is 11.1 Å². The van der Waals surface area contributed by atoms with Crippen molar-refractivity contribution in [2.75, 3.05) is 40.1 Å². The molecule has 0 aliphatic carbocycles. The maximum absolute atomic E-state index is 5.50. The van der Waals surface area contributed by atoms with Crippen LogP contribution in [-0.2, 0) is 20.8 Å². The molecule has 0 heterocycles. The van der Waals surface area contributed by atoms with Gasteiger partial charge >= 0.3 is 0 Å².